The van der Waals surface area contributed by atoms with Crippen molar-refractivity contribution >= 4 is 54.0 Å². The molecule has 4 fully saturated rings. The average Bonchev–Trinajstić information content (AvgIpc) is 3.41. The van der Waals surface area contributed by atoms with Gasteiger partial charge in [0.05, 0.1) is 49.7 Å². The van der Waals surface area contributed by atoms with Crippen LogP contribution in [-0.2, 0) is 18.9 Å². The Bertz CT molecular complexity index is 739. The molecule has 4 heterocycles. The van der Waals surface area contributed by atoms with Gasteiger partial charge in [0.2, 0.25) is 0 Å². The fourth-order valence-electron chi connectivity index (χ4n) is 3.77. The SMILES string of the molecule is BrC1=CCN=C1.BrC1CC2(C1)OCCO2.Brc1cnn(C2CC3(C2)OCCO3)c1. The molecule has 0 bridgehead atoms. The van der Waals surface area contributed by atoms with Crippen LogP contribution >= 0.6 is 47.8 Å². The van der Waals surface area contributed by atoms with Crippen LogP contribution in [0.25, 0.3) is 0 Å². The molecule has 6 rings (SSSR count). The molecule has 0 unspecified atom stereocenters. The van der Waals surface area contributed by atoms with E-state index in [1.165, 1.54) is 0 Å². The van der Waals surface area contributed by atoms with Gasteiger partial charge in [-0.1, -0.05) is 15.9 Å². The molecule has 5 aliphatic rings. The number of aliphatic imine (C=N–C) groups is 1. The standard InChI is InChI=1S/C9H11BrN2O2.C6H9BrO2.C4H4BrN/c10-7-5-11-12(6-7)8-3-9(4-8)13-1-2-14-9;7-5-3-6(4-5)8-1-2-9-6;5-4-1-2-6-3-4/h5-6,8H,1-4H2;5H,1-4H2;1,3H,2H2. The lowest BCUT2D eigenvalue weighted by atomic mass is 9.85. The highest BCUT2D eigenvalue weighted by Gasteiger charge is 2.50. The number of rotatable bonds is 1. The Morgan fingerprint density at radius 2 is 1.52 bits per heavy atom. The third-order valence-electron chi connectivity index (χ3n) is 5.34. The molecule has 0 N–H and O–H groups in total. The van der Waals surface area contributed by atoms with Crippen LogP contribution in [0.4, 0.5) is 0 Å². The van der Waals surface area contributed by atoms with E-state index in [0.29, 0.717) is 10.9 Å². The van der Waals surface area contributed by atoms with Gasteiger partial charge in [-0.15, -0.1) is 0 Å². The van der Waals surface area contributed by atoms with Gasteiger partial charge in [-0.05, 0) is 37.9 Å². The van der Waals surface area contributed by atoms with Crippen LogP contribution in [0.15, 0.2) is 32.4 Å². The summed E-state index contributed by atoms with van der Waals surface area (Å²) in [6, 6.07) is 0.430. The second-order valence-electron chi connectivity index (χ2n) is 7.50. The third kappa shape index (κ3) is 5.58. The van der Waals surface area contributed by atoms with Gasteiger partial charge in [0.25, 0.3) is 0 Å². The fraction of sp³-hybridized carbons (Fsp3) is 0.684. The van der Waals surface area contributed by atoms with Crippen molar-refractivity contribution in [3.8, 4) is 0 Å². The zero-order valence-electron chi connectivity index (χ0n) is 15.9. The van der Waals surface area contributed by atoms with Crippen LogP contribution in [-0.4, -0.2) is 65.4 Å². The van der Waals surface area contributed by atoms with Gasteiger partial charge < -0.3 is 18.9 Å². The monoisotopic (exact) mass is 595 g/mol. The molecule has 7 nitrogen and oxygen atoms in total. The van der Waals surface area contributed by atoms with Crippen molar-refractivity contribution < 1.29 is 18.9 Å². The Kier molecular flexibility index (Phi) is 7.30. The molecule has 0 aromatic carbocycles. The lowest BCUT2D eigenvalue weighted by Crippen LogP contribution is -2.45. The van der Waals surface area contributed by atoms with Crippen molar-refractivity contribution in [1.29, 1.82) is 0 Å². The molecule has 29 heavy (non-hydrogen) atoms. The summed E-state index contributed by atoms with van der Waals surface area (Å²) in [4.78, 5) is 4.52. The molecule has 1 aromatic rings. The molecule has 3 aliphatic heterocycles. The van der Waals surface area contributed by atoms with Crippen molar-refractivity contribution in [2.45, 2.75) is 48.1 Å². The van der Waals surface area contributed by atoms with Gasteiger partial charge >= 0.3 is 0 Å². The van der Waals surface area contributed by atoms with Gasteiger partial charge in [-0.3, -0.25) is 9.67 Å². The quantitative estimate of drug-likeness (QED) is 0.450. The Morgan fingerprint density at radius 3 is 1.90 bits per heavy atom. The van der Waals surface area contributed by atoms with E-state index in [9.17, 15) is 0 Å². The molecule has 2 spiro atoms. The smallest absolute Gasteiger partial charge is 0.172 e. The van der Waals surface area contributed by atoms with Crippen LogP contribution in [0.5, 0.6) is 0 Å². The molecule has 0 atom stereocenters. The maximum absolute atomic E-state index is 5.56. The van der Waals surface area contributed by atoms with E-state index in [-0.39, 0.29) is 11.6 Å². The number of allylic oxidation sites excluding steroid dienone is 1. The number of ether oxygens (including phenoxy) is 4. The Hall–Kier alpha value is -0.100. The van der Waals surface area contributed by atoms with E-state index in [2.05, 4.69) is 57.9 Å². The first-order chi connectivity index (χ1) is 14.0. The summed E-state index contributed by atoms with van der Waals surface area (Å²) in [5.74, 6) is -0.433. The first-order valence-corrected chi connectivity index (χ1v) is 12.2. The van der Waals surface area contributed by atoms with Crippen LogP contribution in [0.3, 0.4) is 0 Å². The summed E-state index contributed by atoms with van der Waals surface area (Å²) in [5.41, 5.74) is 0. The highest BCUT2D eigenvalue weighted by molar-refractivity contribution is 9.12. The fourth-order valence-corrected chi connectivity index (χ4v) is 5.35. The summed E-state index contributed by atoms with van der Waals surface area (Å²) in [6.45, 7) is 3.87. The van der Waals surface area contributed by atoms with E-state index in [0.717, 1.165) is 67.6 Å². The number of nitrogens with zero attached hydrogens (tertiary/aromatic N) is 3. The number of alkyl halides is 1. The average molecular weight is 598 g/mol. The molecule has 2 aliphatic carbocycles. The van der Waals surface area contributed by atoms with Crippen molar-refractivity contribution in [2.75, 3.05) is 33.0 Å². The topological polar surface area (TPSA) is 67.1 Å². The highest BCUT2D eigenvalue weighted by atomic mass is 79.9. The molecule has 10 heteroatoms. The molecule has 0 amide bonds. The minimum absolute atomic E-state index is 0.159. The van der Waals surface area contributed by atoms with Gasteiger partial charge in [0.1, 0.15) is 0 Å². The summed E-state index contributed by atoms with van der Waals surface area (Å²) in [5, 5.41) is 4.25. The molecular formula is C19H24Br3N3O4. The van der Waals surface area contributed by atoms with Crippen LogP contribution < -0.4 is 0 Å². The summed E-state index contributed by atoms with van der Waals surface area (Å²) in [6.07, 6.45) is 11.5. The molecular weight excluding hydrogens is 574 g/mol. The maximum Gasteiger partial charge on any atom is 0.172 e. The second-order valence-corrected chi connectivity index (χ2v) is 10.6. The zero-order chi connectivity index (χ0) is 20.3. The van der Waals surface area contributed by atoms with Crippen molar-refractivity contribution in [1.82, 2.24) is 9.78 Å². The minimum atomic E-state index is -0.275. The van der Waals surface area contributed by atoms with Crippen LogP contribution in [0.1, 0.15) is 31.7 Å². The Labute approximate surface area is 195 Å². The maximum atomic E-state index is 5.56. The van der Waals surface area contributed by atoms with Crippen molar-refractivity contribution in [3.63, 3.8) is 0 Å². The molecule has 2 saturated heterocycles. The predicted octanol–water partition coefficient (Wildman–Crippen LogP) is 4.36. The number of hydrogen-bond donors (Lipinski definition) is 0. The number of aromatic nitrogens is 2. The van der Waals surface area contributed by atoms with E-state index < -0.39 is 0 Å². The van der Waals surface area contributed by atoms with E-state index in [1.807, 2.05) is 17.0 Å². The first-order valence-electron chi connectivity index (χ1n) is 9.73. The van der Waals surface area contributed by atoms with E-state index >= 15 is 0 Å². The number of hydrogen-bond acceptors (Lipinski definition) is 6. The summed E-state index contributed by atoms with van der Waals surface area (Å²) < 4.78 is 26.0. The lowest BCUT2D eigenvalue weighted by Gasteiger charge is -2.42. The van der Waals surface area contributed by atoms with Crippen molar-refractivity contribution in [3.05, 3.63) is 27.4 Å². The van der Waals surface area contributed by atoms with Gasteiger partial charge in [0, 0.05) is 47.4 Å². The van der Waals surface area contributed by atoms with Gasteiger partial charge in [-0.2, -0.15) is 5.10 Å². The summed E-state index contributed by atoms with van der Waals surface area (Å²) >= 11 is 10.1. The number of halogens is 3. The Morgan fingerprint density at radius 1 is 0.931 bits per heavy atom. The third-order valence-corrected chi connectivity index (χ3v) is 6.92. The van der Waals surface area contributed by atoms with Gasteiger partial charge in [-0.25, -0.2) is 0 Å². The normalized spacial score (nSPS) is 28.2. The minimum Gasteiger partial charge on any atom is -0.347 e. The molecule has 160 valence electrons. The van der Waals surface area contributed by atoms with Crippen molar-refractivity contribution in [2.24, 2.45) is 4.99 Å². The molecule has 0 radical (unpaired) electrons. The van der Waals surface area contributed by atoms with E-state index in [4.69, 9.17) is 18.9 Å². The zero-order valence-corrected chi connectivity index (χ0v) is 20.7. The van der Waals surface area contributed by atoms with Crippen LogP contribution in [0.2, 0.25) is 0 Å². The second kappa shape index (κ2) is 9.58. The first kappa shape index (κ1) is 22.1. The predicted molar refractivity (Wildman–Crippen MR) is 120 cm³/mol. The van der Waals surface area contributed by atoms with Gasteiger partial charge in [0.15, 0.2) is 11.6 Å². The highest BCUT2D eigenvalue weighted by Crippen LogP contribution is 2.46. The van der Waals surface area contributed by atoms with Crippen LogP contribution in [0, 0.1) is 0 Å². The lowest BCUT2D eigenvalue weighted by molar-refractivity contribution is -0.227. The largest absolute Gasteiger partial charge is 0.347 e. The molecule has 2 saturated carbocycles. The van der Waals surface area contributed by atoms with E-state index in [1.54, 1.807) is 12.4 Å². The molecule has 1 aromatic heterocycles. The Balaban J connectivity index is 0.000000117. The summed E-state index contributed by atoms with van der Waals surface area (Å²) in [7, 11) is 0.